The molecule has 0 radical (unpaired) electrons. The monoisotopic (exact) mass is 493 g/mol. The summed E-state index contributed by atoms with van der Waals surface area (Å²) in [5.74, 6) is -0.518. The normalized spacial score (nSPS) is 11.4. The number of nitrogens with two attached hydrogens (primary N) is 1. The zero-order valence-corrected chi connectivity index (χ0v) is 20.5. The number of hydrogen-bond donors (Lipinski definition) is 3. The highest BCUT2D eigenvalue weighted by Gasteiger charge is 2.23. The molecule has 2 aromatic heterocycles. The minimum absolute atomic E-state index is 0.0161. The number of rotatable bonds is 4. The number of nitrogens with one attached hydrogen (secondary N) is 2. The average Bonchev–Trinajstić information content (AvgIpc) is 3.24. The minimum atomic E-state index is -0.605. The van der Waals surface area contributed by atoms with Crippen LogP contribution in [0.5, 0.6) is 0 Å². The predicted octanol–water partition coefficient (Wildman–Crippen LogP) is 6.09. The van der Waals surface area contributed by atoms with Crippen molar-refractivity contribution in [2.45, 2.75) is 33.2 Å². The molecule has 10 heteroatoms. The van der Waals surface area contributed by atoms with Crippen LogP contribution in [0.2, 0.25) is 5.02 Å². The molecule has 0 aliphatic heterocycles. The van der Waals surface area contributed by atoms with Gasteiger partial charge in [0.2, 0.25) is 5.95 Å². The van der Waals surface area contributed by atoms with E-state index < -0.39 is 11.8 Å². The molecule has 0 aliphatic rings. The number of aromatic nitrogens is 4. The molecule has 0 bridgehead atoms. The van der Waals surface area contributed by atoms with Gasteiger partial charge in [-0.3, -0.25) is 4.68 Å². The molecular formula is C25H25ClFN7O. The lowest BCUT2D eigenvalue weighted by Crippen LogP contribution is -2.22. The van der Waals surface area contributed by atoms with Crippen LogP contribution in [0, 0.1) is 12.7 Å². The van der Waals surface area contributed by atoms with Gasteiger partial charge in [0.1, 0.15) is 5.69 Å². The number of aryl methyl sites for hydroxylation is 1. The van der Waals surface area contributed by atoms with Gasteiger partial charge in [0.25, 0.3) is 0 Å². The Morgan fingerprint density at radius 3 is 2.57 bits per heavy atom. The maximum atomic E-state index is 15.7. The summed E-state index contributed by atoms with van der Waals surface area (Å²) >= 11 is 6.04. The molecule has 180 valence electrons. The molecule has 4 aromatic rings. The smallest absolute Gasteiger partial charge is 0.323 e. The fourth-order valence-electron chi connectivity index (χ4n) is 3.45. The SMILES string of the molecule is Cc1cc(NC(=O)Nc2cccc(-c3cn(C(C)(C)C)nc3-c3ccnc(N)n3)c2F)ccc1Cl. The van der Waals surface area contributed by atoms with Crippen molar-refractivity contribution >= 4 is 35.0 Å². The van der Waals surface area contributed by atoms with E-state index in [0.717, 1.165) is 5.56 Å². The van der Waals surface area contributed by atoms with E-state index in [0.29, 0.717) is 27.7 Å². The van der Waals surface area contributed by atoms with Gasteiger partial charge < -0.3 is 16.4 Å². The molecule has 2 heterocycles. The number of urea groups is 1. The summed E-state index contributed by atoms with van der Waals surface area (Å²) in [5.41, 5.74) is 8.45. The minimum Gasteiger partial charge on any atom is -0.368 e. The molecule has 0 fully saturated rings. The molecule has 0 saturated carbocycles. The summed E-state index contributed by atoms with van der Waals surface area (Å²) in [6.07, 6.45) is 3.28. The number of benzene rings is 2. The van der Waals surface area contributed by atoms with Crippen LogP contribution in [0.4, 0.5) is 26.5 Å². The van der Waals surface area contributed by atoms with Crippen molar-refractivity contribution in [3.8, 4) is 22.5 Å². The van der Waals surface area contributed by atoms with Gasteiger partial charge in [0.05, 0.1) is 16.9 Å². The number of carbonyl (C=O) groups is 1. The predicted molar refractivity (Wildman–Crippen MR) is 137 cm³/mol. The zero-order valence-electron chi connectivity index (χ0n) is 19.7. The van der Waals surface area contributed by atoms with Crippen molar-refractivity contribution in [1.29, 1.82) is 0 Å². The number of anilines is 3. The van der Waals surface area contributed by atoms with Crippen molar-refractivity contribution in [2.24, 2.45) is 0 Å². The second kappa shape index (κ2) is 9.34. The van der Waals surface area contributed by atoms with E-state index in [1.54, 1.807) is 47.3 Å². The van der Waals surface area contributed by atoms with Crippen molar-refractivity contribution in [3.63, 3.8) is 0 Å². The van der Waals surface area contributed by atoms with Crippen LogP contribution in [0.25, 0.3) is 22.5 Å². The Morgan fingerprint density at radius 2 is 1.89 bits per heavy atom. The molecule has 35 heavy (non-hydrogen) atoms. The van der Waals surface area contributed by atoms with Gasteiger partial charge in [-0.05, 0) is 63.6 Å². The fraction of sp³-hybridized carbons (Fsp3) is 0.200. The van der Waals surface area contributed by atoms with Gasteiger partial charge in [-0.25, -0.2) is 19.2 Å². The maximum absolute atomic E-state index is 15.7. The summed E-state index contributed by atoms with van der Waals surface area (Å²) in [7, 11) is 0. The van der Waals surface area contributed by atoms with E-state index in [9.17, 15) is 4.79 Å². The van der Waals surface area contributed by atoms with Gasteiger partial charge in [-0.1, -0.05) is 23.7 Å². The molecule has 8 nitrogen and oxygen atoms in total. The van der Waals surface area contributed by atoms with E-state index in [1.165, 1.54) is 12.3 Å². The van der Waals surface area contributed by atoms with Crippen LogP contribution in [-0.4, -0.2) is 25.8 Å². The number of nitrogen functional groups attached to an aromatic ring is 1. The first-order valence-electron chi connectivity index (χ1n) is 10.8. The number of carbonyl (C=O) groups excluding carboxylic acids is 1. The van der Waals surface area contributed by atoms with Crippen LogP contribution >= 0.6 is 11.6 Å². The van der Waals surface area contributed by atoms with Gasteiger partial charge in [-0.15, -0.1) is 0 Å². The lowest BCUT2D eigenvalue weighted by atomic mass is 10.0. The Labute approximate surface area is 207 Å². The Kier molecular flexibility index (Phi) is 6.45. The third-order valence-electron chi connectivity index (χ3n) is 5.27. The quantitative estimate of drug-likeness (QED) is 0.318. The highest BCUT2D eigenvalue weighted by atomic mass is 35.5. The van der Waals surface area contributed by atoms with Gasteiger partial charge >= 0.3 is 6.03 Å². The van der Waals surface area contributed by atoms with Gasteiger partial charge in [0.15, 0.2) is 5.82 Å². The lowest BCUT2D eigenvalue weighted by Gasteiger charge is -2.18. The highest BCUT2D eigenvalue weighted by Crippen LogP contribution is 2.35. The highest BCUT2D eigenvalue weighted by molar-refractivity contribution is 6.31. The number of amides is 2. The van der Waals surface area contributed by atoms with Crippen LogP contribution in [0.15, 0.2) is 54.9 Å². The zero-order chi connectivity index (χ0) is 25.3. The summed E-state index contributed by atoms with van der Waals surface area (Å²) in [5, 5.41) is 10.5. The maximum Gasteiger partial charge on any atom is 0.323 e. The molecule has 0 unspecified atom stereocenters. The van der Waals surface area contributed by atoms with Gasteiger partial charge in [-0.2, -0.15) is 5.10 Å². The van der Waals surface area contributed by atoms with Crippen molar-refractivity contribution in [3.05, 3.63) is 71.3 Å². The standard InChI is InChI=1S/C25H25ClFN7O/c1-14-12-15(8-9-18(14)26)30-24(35)32-19-7-5-6-16(21(19)27)17-13-34(25(2,3)4)33-22(17)20-10-11-29-23(28)31-20/h5-13H,1-4H3,(H2,28,29,31)(H2,30,32,35). The first-order chi connectivity index (χ1) is 16.5. The largest absolute Gasteiger partial charge is 0.368 e. The third-order valence-corrected chi connectivity index (χ3v) is 5.70. The average molecular weight is 494 g/mol. The number of hydrogen-bond acceptors (Lipinski definition) is 5. The first-order valence-corrected chi connectivity index (χ1v) is 11.2. The second-order valence-corrected chi connectivity index (χ2v) is 9.42. The lowest BCUT2D eigenvalue weighted by molar-refractivity contribution is 0.262. The van der Waals surface area contributed by atoms with Crippen LogP contribution in [0.3, 0.4) is 0 Å². The first kappa shape index (κ1) is 24.2. The fourth-order valence-corrected chi connectivity index (χ4v) is 3.57. The number of nitrogens with zero attached hydrogens (tertiary/aromatic N) is 4. The van der Waals surface area contributed by atoms with Crippen molar-refractivity contribution < 1.29 is 9.18 Å². The second-order valence-electron chi connectivity index (χ2n) is 9.02. The van der Waals surface area contributed by atoms with Crippen LogP contribution < -0.4 is 16.4 Å². The molecule has 2 aromatic carbocycles. The summed E-state index contributed by atoms with van der Waals surface area (Å²) in [4.78, 5) is 20.8. The molecule has 4 N–H and O–H groups in total. The summed E-state index contributed by atoms with van der Waals surface area (Å²) in [6, 6.07) is 10.9. The Morgan fingerprint density at radius 1 is 1.11 bits per heavy atom. The summed E-state index contributed by atoms with van der Waals surface area (Å²) in [6.45, 7) is 7.78. The topological polar surface area (TPSA) is 111 Å². The van der Waals surface area contributed by atoms with E-state index in [4.69, 9.17) is 17.3 Å². The third kappa shape index (κ3) is 5.25. The Hall–Kier alpha value is -3.98. The van der Waals surface area contributed by atoms with E-state index in [1.807, 2.05) is 27.7 Å². The number of halogens is 2. The van der Waals surface area contributed by atoms with Crippen LogP contribution in [0.1, 0.15) is 26.3 Å². The molecule has 0 saturated heterocycles. The van der Waals surface area contributed by atoms with Crippen LogP contribution in [-0.2, 0) is 5.54 Å². The van der Waals surface area contributed by atoms with Crippen molar-refractivity contribution in [1.82, 2.24) is 19.7 Å². The van der Waals surface area contributed by atoms with E-state index >= 15 is 4.39 Å². The Bertz CT molecular complexity index is 1410. The van der Waals surface area contributed by atoms with Gasteiger partial charge in [0, 0.05) is 34.2 Å². The molecule has 4 rings (SSSR count). The molecule has 0 spiro atoms. The molecule has 0 aliphatic carbocycles. The van der Waals surface area contributed by atoms with Crippen molar-refractivity contribution in [2.75, 3.05) is 16.4 Å². The molecular weight excluding hydrogens is 469 g/mol. The summed E-state index contributed by atoms with van der Waals surface area (Å²) < 4.78 is 17.4. The van der Waals surface area contributed by atoms with E-state index in [2.05, 4.69) is 25.7 Å². The molecule has 2 amide bonds. The molecule has 0 atom stereocenters. The Balaban J connectivity index is 1.70. The van der Waals surface area contributed by atoms with E-state index in [-0.39, 0.29) is 22.7 Å².